The molecule has 0 spiro atoms. The highest BCUT2D eigenvalue weighted by Gasteiger charge is 2.25. The van der Waals surface area contributed by atoms with Gasteiger partial charge in [0.15, 0.2) is 0 Å². The molecule has 5 heteroatoms. The van der Waals surface area contributed by atoms with Crippen LogP contribution in [0.4, 0.5) is 18.9 Å². The lowest BCUT2D eigenvalue weighted by Crippen LogP contribution is -2.11. The third-order valence-corrected chi connectivity index (χ3v) is 3.65. The van der Waals surface area contributed by atoms with Crippen molar-refractivity contribution in [1.29, 1.82) is 0 Å². The number of anilines is 1. The van der Waals surface area contributed by atoms with E-state index in [1.165, 1.54) is 0 Å². The molecule has 0 saturated heterocycles. The molecule has 0 aliphatic rings. The molecule has 0 atom stereocenters. The van der Waals surface area contributed by atoms with Crippen LogP contribution in [0.2, 0.25) is 0 Å². The summed E-state index contributed by atoms with van der Waals surface area (Å²) in [6.07, 6.45) is -4.71. The molecule has 96 valence electrons. The average molecular weight is 310 g/mol. The van der Waals surface area contributed by atoms with Gasteiger partial charge >= 0.3 is 6.18 Å². The Hall–Kier alpha value is -0.710. The zero-order chi connectivity index (χ0) is 13.1. The van der Waals surface area contributed by atoms with Crippen molar-refractivity contribution >= 4 is 21.6 Å². The van der Waals surface area contributed by atoms with Gasteiger partial charge in [0.1, 0.15) is 0 Å². The predicted octanol–water partition coefficient (Wildman–Crippen LogP) is 4.82. The van der Waals surface area contributed by atoms with Crippen molar-refractivity contribution in [1.82, 2.24) is 0 Å². The maximum Gasteiger partial charge on any atom is 0.389 e. The maximum absolute atomic E-state index is 11.9. The second-order valence-electron chi connectivity index (χ2n) is 4.07. The van der Waals surface area contributed by atoms with Gasteiger partial charge in [-0.1, -0.05) is 15.9 Å². The number of halogens is 4. The molecule has 0 radical (unpaired) electrons. The van der Waals surface area contributed by atoms with Gasteiger partial charge in [-0.15, -0.1) is 0 Å². The van der Waals surface area contributed by atoms with E-state index in [0.29, 0.717) is 6.54 Å². The Balaban J connectivity index is 2.48. The Morgan fingerprint density at radius 3 is 2.18 bits per heavy atom. The Bertz CT molecular complexity index is 365. The van der Waals surface area contributed by atoms with E-state index in [2.05, 4.69) is 21.2 Å². The van der Waals surface area contributed by atoms with Crippen molar-refractivity contribution in [3.05, 3.63) is 27.7 Å². The lowest BCUT2D eigenvalue weighted by atomic mass is 10.1. The van der Waals surface area contributed by atoms with E-state index in [-0.39, 0.29) is 6.42 Å². The molecule has 0 bridgehead atoms. The molecule has 0 saturated carbocycles. The van der Waals surface area contributed by atoms with Crippen molar-refractivity contribution in [3.8, 4) is 0 Å². The molecule has 1 nitrogen and oxygen atoms in total. The fourth-order valence-corrected chi connectivity index (χ4v) is 1.80. The number of rotatable bonds is 4. The van der Waals surface area contributed by atoms with Crippen LogP contribution in [0.25, 0.3) is 0 Å². The second kappa shape index (κ2) is 5.76. The summed E-state index contributed by atoms with van der Waals surface area (Å²) >= 11 is 3.44. The van der Waals surface area contributed by atoms with Gasteiger partial charge in [0.25, 0.3) is 0 Å². The predicted molar refractivity (Wildman–Crippen MR) is 67.4 cm³/mol. The van der Waals surface area contributed by atoms with Gasteiger partial charge in [0.05, 0.1) is 0 Å². The third kappa shape index (κ3) is 4.98. The minimum atomic E-state index is -4.06. The highest BCUT2D eigenvalue weighted by molar-refractivity contribution is 9.10. The first-order valence-electron chi connectivity index (χ1n) is 5.37. The van der Waals surface area contributed by atoms with Crippen LogP contribution in [0.3, 0.4) is 0 Å². The molecule has 0 aromatic heterocycles. The van der Waals surface area contributed by atoms with Crippen LogP contribution in [-0.2, 0) is 0 Å². The van der Waals surface area contributed by atoms with Gasteiger partial charge in [0.2, 0.25) is 0 Å². The minimum Gasteiger partial charge on any atom is -0.385 e. The quantitative estimate of drug-likeness (QED) is 0.786. The van der Waals surface area contributed by atoms with Gasteiger partial charge in [-0.25, -0.2) is 0 Å². The largest absolute Gasteiger partial charge is 0.389 e. The smallest absolute Gasteiger partial charge is 0.385 e. The summed E-state index contributed by atoms with van der Waals surface area (Å²) < 4.78 is 36.8. The summed E-state index contributed by atoms with van der Waals surface area (Å²) in [7, 11) is 0. The van der Waals surface area contributed by atoms with Gasteiger partial charge in [0, 0.05) is 23.1 Å². The maximum atomic E-state index is 11.9. The van der Waals surface area contributed by atoms with Crippen molar-refractivity contribution in [3.63, 3.8) is 0 Å². The molecule has 0 heterocycles. The molecular formula is C12H15BrF3N. The number of benzene rings is 1. The van der Waals surface area contributed by atoms with Crippen LogP contribution in [-0.4, -0.2) is 12.7 Å². The topological polar surface area (TPSA) is 12.0 Å². The van der Waals surface area contributed by atoms with E-state index in [1.807, 2.05) is 26.0 Å². The van der Waals surface area contributed by atoms with E-state index >= 15 is 0 Å². The van der Waals surface area contributed by atoms with Gasteiger partial charge < -0.3 is 5.32 Å². The molecule has 1 N–H and O–H groups in total. The molecular weight excluding hydrogens is 295 g/mol. The van der Waals surface area contributed by atoms with Crippen LogP contribution in [0.5, 0.6) is 0 Å². The Kier molecular flexibility index (Phi) is 4.86. The average Bonchev–Trinajstić information content (AvgIpc) is 2.19. The fraction of sp³-hybridized carbons (Fsp3) is 0.500. The summed E-state index contributed by atoms with van der Waals surface area (Å²) in [6, 6.07) is 3.84. The van der Waals surface area contributed by atoms with Crippen molar-refractivity contribution in [2.45, 2.75) is 32.9 Å². The first kappa shape index (κ1) is 14.4. The standard InChI is InChI=1S/C12H15BrF3N/c1-8-6-10(7-9(2)11(8)13)17-5-3-4-12(14,15)16/h6-7,17H,3-5H2,1-2H3. The SMILES string of the molecule is Cc1cc(NCCCC(F)(F)F)cc(C)c1Br. The van der Waals surface area contributed by atoms with Crippen molar-refractivity contribution in [2.75, 3.05) is 11.9 Å². The summed E-state index contributed by atoms with van der Waals surface area (Å²) in [6.45, 7) is 4.25. The Morgan fingerprint density at radius 2 is 1.71 bits per heavy atom. The van der Waals surface area contributed by atoms with Crippen LogP contribution in [0.15, 0.2) is 16.6 Å². The van der Waals surface area contributed by atoms with Crippen LogP contribution in [0, 0.1) is 13.8 Å². The molecule has 0 amide bonds. The molecule has 0 fully saturated rings. The van der Waals surface area contributed by atoms with E-state index in [0.717, 1.165) is 21.3 Å². The van der Waals surface area contributed by atoms with Crippen molar-refractivity contribution < 1.29 is 13.2 Å². The van der Waals surface area contributed by atoms with Crippen LogP contribution in [0.1, 0.15) is 24.0 Å². The molecule has 0 aliphatic carbocycles. The summed E-state index contributed by atoms with van der Waals surface area (Å²) in [5.74, 6) is 0. The van der Waals surface area contributed by atoms with Crippen molar-refractivity contribution in [2.24, 2.45) is 0 Å². The normalized spacial score (nSPS) is 11.6. The summed E-state index contributed by atoms with van der Waals surface area (Å²) in [4.78, 5) is 0. The highest BCUT2D eigenvalue weighted by atomic mass is 79.9. The zero-order valence-corrected chi connectivity index (χ0v) is 11.4. The number of alkyl halides is 3. The van der Waals surface area contributed by atoms with E-state index in [9.17, 15) is 13.2 Å². The summed E-state index contributed by atoms with van der Waals surface area (Å²) in [5.41, 5.74) is 3.01. The number of aryl methyl sites for hydroxylation is 2. The minimum absolute atomic E-state index is 0.0949. The number of nitrogens with one attached hydrogen (secondary N) is 1. The number of hydrogen-bond donors (Lipinski definition) is 1. The Labute approximate surface area is 108 Å². The van der Waals surface area contributed by atoms with E-state index in [4.69, 9.17) is 0 Å². The second-order valence-corrected chi connectivity index (χ2v) is 4.86. The summed E-state index contributed by atoms with van der Waals surface area (Å²) in [5, 5.41) is 3.01. The first-order valence-corrected chi connectivity index (χ1v) is 6.16. The Morgan fingerprint density at radius 1 is 1.18 bits per heavy atom. The lowest BCUT2D eigenvalue weighted by molar-refractivity contribution is -0.134. The molecule has 1 rings (SSSR count). The van der Waals surface area contributed by atoms with Gasteiger partial charge in [-0.3, -0.25) is 0 Å². The molecule has 0 unspecified atom stereocenters. The molecule has 0 aliphatic heterocycles. The van der Waals surface area contributed by atoms with Gasteiger partial charge in [-0.2, -0.15) is 13.2 Å². The zero-order valence-electron chi connectivity index (χ0n) is 9.79. The molecule has 1 aromatic rings. The third-order valence-electron chi connectivity index (χ3n) is 2.40. The number of hydrogen-bond acceptors (Lipinski definition) is 1. The highest BCUT2D eigenvalue weighted by Crippen LogP contribution is 2.25. The van der Waals surface area contributed by atoms with E-state index in [1.54, 1.807) is 0 Å². The van der Waals surface area contributed by atoms with Gasteiger partial charge in [-0.05, 0) is 43.5 Å². The molecule has 1 aromatic carbocycles. The monoisotopic (exact) mass is 309 g/mol. The molecule has 17 heavy (non-hydrogen) atoms. The lowest BCUT2D eigenvalue weighted by Gasteiger charge is -2.11. The first-order chi connectivity index (χ1) is 7.79. The van der Waals surface area contributed by atoms with Crippen LogP contribution >= 0.6 is 15.9 Å². The van der Waals surface area contributed by atoms with E-state index < -0.39 is 12.6 Å². The fourth-order valence-electron chi connectivity index (χ4n) is 1.57. The van der Waals surface area contributed by atoms with Crippen LogP contribution < -0.4 is 5.32 Å².